The smallest absolute Gasteiger partial charge is 0.252 e. The average molecular weight is 1390 g/mol. The molecule has 0 saturated carbocycles. The highest BCUT2D eigenvalue weighted by Gasteiger charge is 2.47. The van der Waals surface area contributed by atoms with Crippen molar-refractivity contribution in [3.63, 3.8) is 0 Å². The van der Waals surface area contributed by atoms with Gasteiger partial charge in [-0.1, -0.05) is 335 Å². The van der Waals surface area contributed by atoms with Crippen LogP contribution in [-0.4, -0.2) is 6.71 Å². The fourth-order valence-electron chi connectivity index (χ4n) is 17.4. The number of nitrogens with zero attached hydrogens (tertiary/aromatic N) is 2. The quantitative estimate of drug-likeness (QED) is 0.100. The van der Waals surface area contributed by atoms with E-state index in [1.54, 1.807) is 0 Å². The van der Waals surface area contributed by atoms with Gasteiger partial charge in [0.1, 0.15) is 11.2 Å². The number of para-hydroxylation sites is 1. The molecule has 0 unspecified atom stereocenters. The second-order valence-corrected chi connectivity index (χ2v) is 32.7. The minimum Gasteiger partial charge on any atom is -0.456 e. The molecular weight excluding hydrogens is 1300 g/mol. The Hall–Kier alpha value is -12.5. The van der Waals surface area contributed by atoms with Crippen molar-refractivity contribution in [3.8, 4) is 89.0 Å². The predicted octanol–water partition coefficient (Wildman–Crippen LogP) is 27.2. The lowest BCUT2D eigenvalue weighted by Gasteiger charge is -2.47. The summed E-state index contributed by atoms with van der Waals surface area (Å²) in [6, 6.07) is 128. The summed E-state index contributed by atoms with van der Waals surface area (Å²) in [6.07, 6.45) is 0. The SMILES string of the molecule is CC(C)(C)c1cc(-c2ccccc2)c(N2c3ccc(-c4cccc5oc6ccccc6c45)cc3B3c4ccc(-c5ccc6c(-c7ccccc7)c7ccccc7c(-c7ccccc7)c6c5)cc4N(c4c(-c5ccccc5)cc(C(C)(C)C)cc4-c4ccccc4)c4cc(C(C)(C)C)cc2c43)c(-c2ccccc2)c1. The highest BCUT2D eigenvalue weighted by Crippen LogP contribution is 2.56. The highest BCUT2D eigenvalue weighted by atomic mass is 16.3. The first kappa shape index (κ1) is 66.2. The largest absolute Gasteiger partial charge is 0.456 e. The van der Waals surface area contributed by atoms with Gasteiger partial charge in [0.05, 0.1) is 11.4 Å². The lowest BCUT2D eigenvalue weighted by atomic mass is 9.33. The molecule has 0 fully saturated rings. The first-order valence-corrected chi connectivity index (χ1v) is 38.2. The van der Waals surface area contributed by atoms with Gasteiger partial charge in [-0.05, 0) is 204 Å². The van der Waals surface area contributed by atoms with E-state index in [2.05, 4.69) is 412 Å². The fraction of sp³-hybridized carbons (Fsp3) is 0.115. The van der Waals surface area contributed by atoms with Crippen LogP contribution in [0.3, 0.4) is 0 Å². The third kappa shape index (κ3) is 11.1. The van der Waals surface area contributed by atoms with Gasteiger partial charge in [-0.25, -0.2) is 0 Å². The molecular formula is C104H83BN2O. The topological polar surface area (TPSA) is 19.6 Å². The van der Waals surface area contributed by atoms with E-state index in [1.165, 1.54) is 88.0 Å². The maximum Gasteiger partial charge on any atom is 0.252 e. The van der Waals surface area contributed by atoms with Crippen molar-refractivity contribution >= 4 is 101 Å². The molecule has 0 amide bonds. The van der Waals surface area contributed by atoms with Crippen LogP contribution in [0, 0.1) is 0 Å². The van der Waals surface area contributed by atoms with Crippen LogP contribution < -0.4 is 26.2 Å². The van der Waals surface area contributed by atoms with Crippen molar-refractivity contribution < 1.29 is 4.42 Å². The van der Waals surface area contributed by atoms with E-state index < -0.39 is 0 Å². The molecule has 19 rings (SSSR count). The molecule has 0 bridgehead atoms. The summed E-state index contributed by atoms with van der Waals surface area (Å²) >= 11 is 0. The zero-order valence-electron chi connectivity index (χ0n) is 62.7. The van der Waals surface area contributed by atoms with E-state index >= 15 is 0 Å². The van der Waals surface area contributed by atoms with Gasteiger partial charge in [-0.15, -0.1) is 0 Å². The van der Waals surface area contributed by atoms with Gasteiger partial charge in [0.15, 0.2) is 0 Å². The molecule has 4 heteroatoms. The van der Waals surface area contributed by atoms with E-state index in [4.69, 9.17) is 4.42 Å². The Labute approximate surface area is 634 Å². The summed E-state index contributed by atoms with van der Waals surface area (Å²) in [5.74, 6) is 0. The van der Waals surface area contributed by atoms with Crippen LogP contribution in [0.4, 0.5) is 34.1 Å². The van der Waals surface area contributed by atoms with E-state index in [1.807, 2.05) is 0 Å². The molecule has 108 heavy (non-hydrogen) atoms. The van der Waals surface area contributed by atoms with Gasteiger partial charge in [-0.3, -0.25) is 0 Å². The molecule has 0 N–H and O–H groups in total. The summed E-state index contributed by atoms with van der Waals surface area (Å²) in [4.78, 5) is 5.44. The van der Waals surface area contributed by atoms with E-state index in [-0.39, 0.29) is 23.0 Å². The summed E-state index contributed by atoms with van der Waals surface area (Å²) < 4.78 is 6.74. The highest BCUT2D eigenvalue weighted by molar-refractivity contribution is 7.00. The van der Waals surface area contributed by atoms with Crippen LogP contribution in [0.5, 0.6) is 0 Å². The molecule has 518 valence electrons. The minimum atomic E-state index is -0.331. The summed E-state index contributed by atoms with van der Waals surface area (Å²) in [5.41, 5.74) is 33.9. The molecule has 0 saturated heterocycles. The first-order valence-electron chi connectivity index (χ1n) is 38.2. The standard InChI is InChI=1S/C104H83BN2O/c1-102(2,3)75-60-83(66-33-16-10-17-34-66)100(84(61-75)67-35-18-11-19-36-67)106-90-56-53-74(78-48-32-50-95-98(78)82-47-30-31-49-94(82)108-95)58-89(90)105-88-55-52-73(72-51-54-81-87(57-72)97(71-43-26-15-27-44-71)80-46-29-28-45-79(80)96(81)70-41-24-14-25-42-70)59-91(88)107(93-65-77(104(7,8)9)64-92(106)99(93)105)101-85(68-37-20-12-21-38-68)62-76(103(4,5)6)63-86(101)69-39-22-13-23-40-69/h10-65H,1-9H3. The third-order valence-electron chi connectivity index (χ3n) is 22.9. The van der Waals surface area contributed by atoms with Gasteiger partial charge < -0.3 is 14.2 Å². The van der Waals surface area contributed by atoms with Crippen LogP contribution in [0.15, 0.2) is 344 Å². The molecule has 16 aromatic carbocycles. The molecule has 0 radical (unpaired) electrons. The van der Waals surface area contributed by atoms with Gasteiger partial charge in [-0.2, -0.15) is 0 Å². The molecule has 1 aromatic heterocycles. The number of furan rings is 1. The second-order valence-electron chi connectivity index (χ2n) is 32.7. The number of anilines is 6. The van der Waals surface area contributed by atoms with E-state index in [9.17, 15) is 0 Å². The third-order valence-corrected chi connectivity index (χ3v) is 22.9. The van der Waals surface area contributed by atoms with Crippen LogP contribution >= 0.6 is 0 Å². The molecule has 0 spiro atoms. The molecule has 3 heterocycles. The van der Waals surface area contributed by atoms with Crippen LogP contribution in [0.25, 0.3) is 132 Å². The molecule has 2 aliphatic heterocycles. The lowest BCUT2D eigenvalue weighted by Crippen LogP contribution is -2.61. The molecule has 17 aromatic rings. The van der Waals surface area contributed by atoms with Crippen molar-refractivity contribution in [1.82, 2.24) is 0 Å². The van der Waals surface area contributed by atoms with Gasteiger partial charge in [0, 0.05) is 55.8 Å². The second kappa shape index (κ2) is 25.6. The molecule has 2 aliphatic rings. The lowest BCUT2D eigenvalue weighted by molar-refractivity contribution is 0.590. The van der Waals surface area contributed by atoms with E-state index in [0.29, 0.717) is 0 Å². The Balaban J connectivity index is 0.982. The minimum absolute atomic E-state index is 0.190. The van der Waals surface area contributed by atoms with Crippen LogP contribution in [0.1, 0.15) is 79.0 Å². The fourth-order valence-corrected chi connectivity index (χ4v) is 17.4. The van der Waals surface area contributed by atoms with Crippen molar-refractivity contribution in [2.75, 3.05) is 9.80 Å². The Bertz CT molecular complexity index is 6280. The zero-order chi connectivity index (χ0) is 73.3. The summed E-state index contributed by atoms with van der Waals surface area (Å²) in [7, 11) is 0. The Morgan fingerprint density at radius 1 is 0.241 bits per heavy atom. The Morgan fingerprint density at radius 2 is 0.620 bits per heavy atom. The number of rotatable bonds is 10. The Kier molecular flexibility index (Phi) is 15.7. The number of fused-ring (bicyclic) bond motifs is 9. The Morgan fingerprint density at radius 3 is 1.10 bits per heavy atom. The summed E-state index contributed by atoms with van der Waals surface area (Å²) in [5, 5.41) is 7.10. The monoisotopic (exact) mass is 1390 g/mol. The van der Waals surface area contributed by atoms with Crippen molar-refractivity contribution in [3.05, 3.63) is 356 Å². The summed E-state index contributed by atoms with van der Waals surface area (Å²) in [6.45, 7) is 21.0. The predicted molar refractivity (Wildman–Crippen MR) is 462 cm³/mol. The zero-order valence-corrected chi connectivity index (χ0v) is 62.7. The van der Waals surface area contributed by atoms with E-state index in [0.717, 1.165) is 112 Å². The number of benzene rings is 16. The van der Waals surface area contributed by atoms with Gasteiger partial charge in [0.2, 0.25) is 0 Å². The van der Waals surface area contributed by atoms with Crippen molar-refractivity contribution in [1.29, 1.82) is 0 Å². The molecule has 3 nitrogen and oxygen atoms in total. The van der Waals surface area contributed by atoms with Crippen LogP contribution in [0.2, 0.25) is 0 Å². The number of hydrogen-bond acceptors (Lipinski definition) is 3. The maximum absolute atomic E-state index is 6.74. The van der Waals surface area contributed by atoms with Crippen LogP contribution in [-0.2, 0) is 16.2 Å². The van der Waals surface area contributed by atoms with Gasteiger partial charge in [0.25, 0.3) is 6.71 Å². The molecule has 0 atom stereocenters. The normalized spacial score (nSPS) is 12.8. The number of hydrogen-bond donors (Lipinski definition) is 0. The van der Waals surface area contributed by atoms with Gasteiger partial charge >= 0.3 is 0 Å². The molecule has 0 aliphatic carbocycles. The maximum atomic E-state index is 6.74. The average Bonchev–Trinajstić information content (AvgIpc) is 0.755. The van der Waals surface area contributed by atoms with Crippen molar-refractivity contribution in [2.24, 2.45) is 0 Å². The first-order chi connectivity index (χ1) is 52.5. The van der Waals surface area contributed by atoms with Crippen molar-refractivity contribution in [2.45, 2.75) is 78.6 Å².